The predicted molar refractivity (Wildman–Crippen MR) is 82.4 cm³/mol. The maximum Gasteiger partial charge on any atom is 0.350 e. The molecule has 2 rings (SSSR count). The Hall–Kier alpha value is -2.92. The van der Waals surface area contributed by atoms with Crippen LogP contribution in [-0.2, 0) is 9.53 Å². The van der Waals surface area contributed by atoms with Gasteiger partial charge in [-0.15, -0.1) is 11.3 Å². The molecule has 1 aromatic heterocycles. The van der Waals surface area contributed by atoms with E-state index < -0.39 is 10.9 Å². The van der Waals surface area contributed by atoms with Crippen molar-refractivity contribution >= 4 is 38.8 Å². The van der Waals surface area contributed by atoms with Crippen LogP contribution in [0.2, 0.25) is 0 Å². The average molecular weight is 317 g/mol. The zero-order chi connectivity index (χ0) is 16.1. The zero-order valence-electron chi connectivity index (χ0n) is 11.5. The third-order valence-electron chi connectivity index (χ3n) is 2.76. The number of nitriles is 1. The van der Waals surface area contributed by atoms with Crippen molar-refractivity contribution in [3.8, 4) is 6.07 Å². The lowest BCUT2D eigenvalue weighted by Gasteiger charge is -2.02. The fourth-order valence-corrected chi connectivity index (χ4v) is 2.79. The SMILES string of the molecule is CCOC(=O)/C(C#N)=C/Nc1csc2c([N+](=O)[O-])cccc12. The summed E-state index contributed by atoms with van der Waals surface area (Å²) in [5.74, 6) is -0.719. The minimum Gasteiger partial charge on any atom is -0.462 e. The van der Waals surface area contributed by atoms with Crippen LogP contribution in [0.4, 0.5) is 11.4 Å². The third-order valence-corrected chi connectivity index (χ3v) is 3.78. The van der Waals surface area contributed by atoms with Gasteiger partial charge in [-0.1, -0.05) is 12.1 Å². The number of nitrogens with zero attached hydrogens (tertiary/aromatic N) is 2. The quantitative estimate of drug-likeness (QED) is 0.298. The minimum atomic E-state index is -0.719. The highest BCUT2D eigenvalue weighted by Gasteiger charge is 2.15. The van der Waals surface area contributed by atoms with Crippen LogP contribution in [0, 0.1) is 21.4 Å². The van der Waals surface area contributed by atoms with Crippen molar-refractivity contribution in [2.24, 2.45) is 0 Å². The van der Waals surface area contributed by atoms with E-state index in [1.807, 2.05) is 0 Å². The van der Waals surface area contributed by atoms with E-state index in [-0.39, 0.29) is 17.9 Å². The lowest BCUT2D eigenvalue weighted by atomic mass is 10.2. The Morgan fingerprint density at radius 3 is 3.00 bits per heavy atom. The normalized spacial score (nSPS) is 11.0. The fraction of sp³-hybridized carbons (Fsp3) is 0.143. The molecule has 1 N–H and O–H groups in total. The number of ether oxygens (including phenoxy) is 1. The number of carbonyl (C=O) groups excluding carboxylic acids is 1. The number of non-ortho nitro benzene ring substituents is 1. The Bertz CT molecular complexity index is 804. The van der Waals surface area contributed by atoms with E-state index in [1.165, 1.54) is 23.6 Å². The van der Waals surface area contributed by atoms with Crippen molar-refractivity contribution in [2.75, 3.05) is 11.9 Å². The van der Waals surface area contributed by atoms with Crippen LogP contribution < -0.4 is 5.32 Å². The monoisotopic (exact) mass is 317 g/mol. The summed E-state index contributed by atoms with van der Waals surface area (Å²) < 4.78 is 5.27. The van der Waals surface area contributed by atoms with Crippen LogP contribution in [0.25, 0.3) is 10.1 Å². The Balaban J connectivity index is 2.33. The Morgan fingerprint density at radius 1 is 1.59 bits per heavy atom. The van der Waals surface area contributed by atoms with Crippen molar-refractivity contribution in [1.29, 1.82) is 5.26 Å². The first-order valence-electron chi connectivity index (χ1n) is 6.27. The van der Waals surface area contributed by atoms with Crippen LogP contribution in [0.15, 0.2) is 35.4 Å². The number of rotatable bonds is 5. The van der Waals surface area contributed by atoms with E-state index in [0.29, 0.717) is 15.8 Å². The Morgan fingerprint density at radius 2 is 2.36 bits per heavy atom. The molecule has 0 spiro atoms. The van der Waals surface area contributed by atoms with Crippen molar-refractivity contribution < 1.29 is 14.5 Å². The molecule has 0 atom stereocenters. The molecular weight excluding hydrogens is 306 g/mol. The Kier molecular flexibility index (Phi) is 4.70. The first kappa shape index (κ1) is 15.5. The fourth-order valence-electron chi connectivity index (χ4n) is 1.79. The van der Waals surface area contributed by atoms with Gasteiger partial charge < -0.3 is 10.1 Å². The largest absolute Gasteiger partial charge is 0.462 e. The summed E-state index contributed by atoms with van der Waals surface area (Å²) in [6.07, 6.45) is 1.23. The van der Waals surface area contributed by atoms with Crippen LogP contribution in [0.1, 0.15) is 6.92 Å². The second kappa shape index (κ2) is 6.69. The number of nitrogens with one attached hydrogen (secondary N) is 1. The molecule has 0 aliphatic rings. The molecule has 0 radical (unpaired) electrons. The molecule has 8 heteroatoms. The molecule has 7 nitrogen and oxygen atoms in total. The molecule has 1 heterocycles. The number of hydrogen-bond donors (Lipinski definition) is 1. The summed E-state index contributed by atoms with van der Waals surface area (Å²) in [6, 6.07) is 6.48. The van der Waals surface area contributed by atoms with Gasteiger partial charge in [-0.25, -0.2) is 4.79 Å². The van der Waals surface area contributed by atoms with Crippen molar-refractivity contribution in [1.82, 2.24) is 0 Å². The highest BCUT2D eigenvalue weighted by Crippen LogP contribution is 2.36. The number of hydrogen-bond acceptors (Lipinski definition) is 7. The van der Waals surface area contributed by atoms with E-state index in [9.17, 15) is 14.9 Å². The number of esters is 1. The molecule has 22 heavy (non-hydrogen) atoms. The van der Waals surface area contributed by atoms with Gasteiger partial charge in [0.15, 0.2) is 5.57 Å². The standard InChI is InChI=1S/C14H11N3O4S/c1-2-21-14(18)9(6-15)7-16-11-8-22-13-10(11)4-3-5-12(13)17(19)20/h3-5,7-8,16H,2H2,1H3/b9-7+. The summed E-state index contributed by atoms with van der Waals surface area (Å²) in [7, 11) is 0. The number of benzene rings is 1. The lowest BCUT2D eigenvalue weighted by Crippen LogP contribution is -2.07. The second-order valence-electron chi connectivity index (χ2n) is 4.09. The second-order valence-corrected chi connectivity index (χ2v) is 4.97. The highest BCUT2D eigenvalue weighted by molar-refractivity contribution is 7.18. The predicted octanol–water partition coefficient (Wildman–Crippen LogP) is 3.19. The van der Waals surface area contributed by atoms with E-state index in [1.54, 1.807) is 30.5 Å². The van der Waals surface area contributed by atoms with Crippen molar-refractivity contribution in [3.05, 3.63) is 45.5 Å². The highest BCUT2D eigenvalue weighted by atomic mass is 32.1. The number of nitro groups is 1. The van der Waals surface area contributed by atoms with Gasteiger partial charge >= 0.3 is 5.97 Å². The third kappa shape index (κ3) is 3.05. The van der Waals surface area contributed by atoms with Crippen LogP contribution >= 0.6 is 11.3 Å². The first-order chi connectivity index (χ1) is 10.6. The number of carbonyl (C=O) groups is 1. The van der Waals surface area contributed by atoms with Gasteiger partial charge in [0.25, 0.3) is 5.69 Å². The molecule has 0 unspecified atom stereocenters. The summed E-state index contributed by atoms with van der Waals surface area (Å²) in [5, 5.41) is 25.1. The van der Waals surface area contributed by atoms with E-state index in [2.05, 4.69) is 5.32 Å². The summed E-state index contributed by atoms with van der Waals surface area (Å²) >= 11 is 1.21. The Labute approximate surface area is 129 Å². The molecule has 0 bridgehead atoms. The van der Waals surface area contributed by atoms with Crippen molar-refractivity contribution in [2.45, 2.75) is 6.92 Å². The number of nitro benzene ring substituents is 1. The minimum absolute atomic E-state index is 0.0189. The van der Waals surface area contributed by atoms with E-state index >= 15 is 0 Å². The van der Waals surface area contributed by atoms with Crippen LogP contribution in [0.5, 0.6) is 0 Å². The smallest absolute Gasteiger partial charge is 0.350 e. The van der Waals surface area contributed by atoms with Gasteiger partial charge in [0, 0.05) is 23.0 Å². The van der Waals surface area contributed by atoms with Gasteiger partial charge in [-0.05, 0) is 6.92 Å². The maximum absolute atomic E-state index is 11.5. The van der Waals surface area contributed by atoms with E-state index in [4.69, 9.17) is 10.00 Å². The molecule has 112 valence electrons. The number of thiophene rings is 1. The maximum atomic E-state index is 11.5. The van der Waals surface area contributed by atoms with Gasteiger partial charge in [0.05, 0.1) is 17.2 Å². The number of anilines is 1. The summed E-state index contributed by atoms with van der Waals surface area (Å²) in [4.78, 5) is 22.0. The van der Waals surface area contributed by atoms with Crippen molar-refractivity contribution in [3.63, 3.8) is 0 Å². The molecule has 0 aliphatic heterocycles. The summed E-state index contributed by atoms with van der Waals surface area (Å²) in [5.41, 5.74) is 0.429. The van der Waals surface area contributed by atoms with Gasteiger partial charge in [0.2, 0.25) is 0 Å². The van der Waals surface area contributed by atoms with Crippen LogP contribution in [-0.4, -0.2) is 17.5 Å². The lowest BCUT2D eigenvalue weighted by molar-refractivity contribution is -0.382. The summed E-state index contributed by atoms with van der Waals surface area (Å²) in [6.45, 7) is 1.82. The molecule has 0 aliphatic carbocycles. The van der Waals surface area contributed by atoms with Gasteiger partial charge in [-0.3, -0.25) is 10.1 Å². The molecule has 1 aromatic carbocycles. The topological polar surface area (TPSA) is 105 Å². The van der Waals surface area contributed by atoms with Gasteiger partial charge in [0.1, 0.15) is 10.8 Å². The first-order valence-corrected chi connectivity index (χ1v) is 7.15. The molecule has 0 saturated carbocycles. The molecule has 2 aromatic rings. The van der Waals surface area contributed by atoms with Crippen LogP contribution in [0.3, 0.4) is 0 Å². The molecule has 0 saturated heterocycles. The van der Waals surface area contributed by atoms with Gasteiger partial charge in [-0.2, -0.15) is 5.26 Å². The van der Waals surface area contributed by atoms with E-state index in [0.717, 1.165) is 0 Å². The molecular formula is C14H11N3O4S. The molecule has 0 amide bonds. The molecule has 0 fully saturated rings. The zero-order valence-corrected chi connectivity index (χ0v) is 12.3. The number of fused-ring (bicyclic) bond motifs is 1. The average Bonchev–Trinajstić information content (AvgIpc) is 2.91.